The van der Waals surface area contributed by atoms with E-state index in [0.717, 1.165) is 18.5 Å². The number of methoxy groups -OCH3 is 1. The molecule has 3 atom stereocenters. The summed E-state index contributed by atoms with van der Waals surface area (Å²) in [6.07, 6.45) is 10.2. The standard InChI is InChI=1S/C17H32N2O/c1-14-4-3-8-17(10-14,12-18-15-5-6-15)13-19-9-7-16(11-19)20-2/h14-16,18H,3-13H2,1-2H3. The van der Waals surface area contributed by atoms with Crippen molar-refractivity contribution in [2.75, 3.05) is 33.3 Å². The number of rotatable bonds is 6. The molecule has 1 aliphatic heterocycles. The maximum atomic E-state index is 5.54. The van der Waals surface area contributed by atoms with E-state index in [1.807, 2.05) is 7.11 Å². The van der Waals surface area contributed by atoms with Crippen LogP contribution in [-0.2, 0) is 4.74 Å². The summed E-state index contributed by atoms with van der Waals surface area (Å²) in [6.45, 7) is 7.37. The van der Waals surface area contributed by atoms with Crippen LogP contribution in [0.25, 0.3) is 0 Å². The molecule has 3 aliphatic rings. The molecule has 1 N–H and O–H groups in total. The summed E-state index contributed by atoms with van der Waals surface area (Å²) < 4.78 is 5.54. The van der Waals surface area contributed by atoms with Crippen molar-refractivity contribution in [1.29, 1.82) is 0 Å². The highest BCUT2D eigenvalue weighted by Gasteiger charge is 2.39. The lowest BCUT2D eigenvalue weighted by atomic mass is 9.69. The van der Waals surface area contributed by atoms with Crippen molar-refractivity contribution >= 4 is 0 Å². The van der Waals surface area contributed by atoms with Crippen molar-refractivity contribution in [3.63, 3.8) is 0 Å². The van der Waals surface area contributed by atoms with Gasteiger partial charge in [0.15, 0.2) is 0 Å². The molecule has 1 heterocycles. The lowest BCUT2D eigenvalue weighted by molar-refractivity contribution is 0.0712. The van der Waals surface area contributed by atoms with E-state index < -0.39 is 0 Å². The maximum absolute atomic E-state index is 5.54. The summed E-state index contributed by atoms with van der Waals surface area (Å²) in [5.41, 5.74) is 0.531. The van der Waals surface area contributed by atoms with Gasteiger partial charge >= 0.3 is 0 Å². The minimum Gasteiger partial charge on any atom is -0.380 e. The molecule has 3 unspecified atom stereocenters. The number of nitrogens with one attached hydrogen (secondary N) is 1. The van der Waals surface area contributed by atoms with Gasteiger partial charge in [0.05, 0.1) is 6.10 Å². The van der Waals surface area contributed by atoms with E-state index in [2.05, 4.69) is 17.1 Å². The Kier molecular flexibility index (Phi) is 4.68. The van der Waals surface area contributed by atoms with E-state index in [4.69, 9.17) is 4.74 Å². The first-order valence-electron chi connectivity index (χ1n) is 8.68. The zero-order chi connectivity index (χ0) is 14.0. The van der Waals surface area contributed by atoms with E-state index in [1.165, 1.54) is 64.6 Å². The molecule has 20 heavy (non-hydrogen) atoms. The molecular weight excluding hydrogens is 248 g/mol. The minimum absolute atomic E-state index is 0.476. The molecular formula is C17H32N2O. The van der Waals surface area contributed by atoms with E-state index in [-0.39, 0.29) is 0 Å². The second-order valence-electron chi connectivity index (χ2n) is 7.74. The van der Waals surface area contributed by atoms with Gasteiger partial charge in [0.25, 0.3) is 0 Å². The Labute approximate surface area is 124 Å². The smallest absolute Gasteiger partial charge is 0.0710 e. The highest BCUT2D eigenvalue weighted by atomic mass is 16.5. The molecule has 2 saturated carbocycles. The lowest BCUT2D eigenvalue weighted by Gasteiger charge is -2.43. The summed E-state index contributed by atoms with van der Waals surface area (Å²) >= 11 is 0. The van der Waals surface area contributed by atoms with Gasteiger partial charge in [-0.1, -0.05) is 19.8 Å². The molecule has 3 heteroatoms. The summed E-state index contributed by atoms with van der Waals surface area (Å²) in [5, 5.41) is 3.83. The van der Waals surface area contributed by atoms with Gasteiger partial charge in [0, 0.05) is 39.3 Å². The van der Waals surface area contributed by atoms with Crippen LogP contribution in [-0.4, -0.2) is 50.3 Å². The van der Waals surface area contributed by atoms with Crippen LogP contribution in [0.4, 0.5) is 0 Å². The Morgan fingerprint density at radius 3 is 2.75 bits per heavy atom. The molecule has 0 bridgehead atoms. The fourth-order valence-electron chi connectivity index (χ4n) is 4.38. The topological polar surface area (TPSA) is 24.5 Å². The molecule has 0 radical (unpaired) electrons. The fraction of sp³-hybridized carbons (Fsp3) is 1.00. The molecule has 0 aromatic carbocycles. The number of hydrogen-bond donors (Lipinski definition) is 1. The molecule has 3 rings (SSSR count). The fourth-order valence-corrected chi connectivity index (χ4v) is 4.38. The van der Waals surface area contributed by atoms with Crippen molar-refractivity contribution in [3.8, 4) is 0 Å². The predicted octanol–water partition coefficient (Wildman–Crippen LogP) is 2.66. The van der Waals surface area contributed by atoms with Crippen molar-refractivity contribution in [2.24, 2.45) is 11.3 Å². The zero-order valence-electron chi connectivity index (χ0n) is 13.4. The summed E-state index contributed by atoms with van der Waals surface area (Å²) in [4.78, 5) is 2.67. The Bertz CT molecular complexity index is 318. The van der Waals surface area contributed by atoms with Crippen LogP contribution in [0.3, 0.4) is 0 Å². The normalized spacial score (nSPS) is 39.3. The van der Waals surface area contributed by atoms with Crippen LogP contribution >= 0.6 is 0 Å². The van der Waals surface area contributed by atoms with E-state index >= 15 is 0 Å². The van der Waals surface area contributed by atoms with Crippen molar-refractivity contribution in [3.05, 3.63) is 0 Å². The lowest BCUT2D eigenvalue weighted by Crippen LogP contribution is -2.46. The Balaban J connectivity index is 1.58. The quantitative estimate of drug-likeness (QED) is 0.809. The van der Waals surface area contributed by atoms with Gasteiger partial charge in [-0.05, 0) is 43.4 Å². The van der Waals surface area contributed by atoms with Gasteiger partial charge in [-0.25, -0.2) is 0 Å². The van der Waals surface area contributed by atoms with Gasteiger partial charge in [-0.2, -0.15) is 0 Å². The molecule has 3 fully saturated rings. The minimum atomic E-state index is 0.476. The summed E-state index contributed by atoms with van der Waals surface area (Å²) in [6, 6.07) is 0.842. The average Bonchev–Trinajstić information content (AvgIpc) is 3.16. The third-order valence-corrected chi connectivity index (χ3v) is 5.65. The average molecular weight is 280 g/mol. The predicted molar refractivity (Wildman–Crippen MR) is 82.9 cm³/mol. The molecule has 1 saturated heterocycles. The molecule has 0 spiro atoms. The monoisotopic (exact) mass is 280 g/mol. The van der Waals surface area contributed by atoms with Crippen molar-refractivity contribution in [1.82, 2.24) is 10.2 Å². The molecule has 2 aliphatic carbocycles. The van der Waals surface area contributed by atoms with Crippen molar-refractivity contribution in [2.45, 2.75) is 64.0 Å². The van der Waals surface area contributed by atoms with E-state index in [0.29, 0.717) is 11.5 Å². The summed E-state index contributed by atoms with van der Waals surface area (Å²) in [5.74, 6) is 0.908. The largest absolute Gasteiger partial charge is 0.380 e. The van der Waals surface area contributed by atoms with Crippen molar-refractivity contribution < 1.29 is 4.74 Å². The van der Waals surface area contributed by atoms with Crippen LogP contribution < -0.4 is 5.32 Å². The Hall–Kier alpha value is -0.120. The number of likely N-dealkylation sites (tertiary alicyclic amines) is 1. The number of ether oxygens (including phenoxy) is 1. The summed E-state index contributed by atoms with van der Waals surface area (Å²) in [7, 11) is 1.86. The Morgan fingerprint density at radius 1 is 1.25 bits per heavy atom. The Morgan fingerprint density at radius 2 is 2.10 bits per heavy atom. The second kappa shape index (κ2) is 6.33. The molecule has 0 aromatic rings. The molecule has 3 nitrogen and oxygen atoms in total. The number of hydrogen-bond acceptors (Lipinski definition) is 3. The van der Waals surface area contributed by atoms with Crippen LogP contribution in [0.5, 0.6) is 0 Å². The third kappa shape index (κ3) is 3.75. The second-order valence-corrected chi connectivity index (χ2v) is 7.74. The van der Waals surface area contributed by atoms with Gasteiger partial charge < -0.3 is 15.0 Å². The molecule has 0 aromatic heterocycles. The molecule has 116 valence electrons. The van der Waals surface area contributed by atoms with Crippen LogP contribution in [0, 0.1) is 11.3 Å². The van der Waals surface area contributed by atoms with Crippen LogP contribution in [0.15, 0.2) is 0 Å². The van der Waals surface area contributed by atoms with E-state index in [1.54, 1.807) is 0 Å². The van der Waals surface area contributed by atoms with Crippen LogP contribution in [0.2, 0.25) is 0 Å². The maximum Gasteiger partial charge on any atom is 0.0710 e. The first-order valence-corrected chi connectivity index (χ1v) is 8.68. The van der Waals surface area contributed by atoms with Gasteiger partial charge in [-0.15, -0.1) is 0 Å². The molecule has 0 amide bonds. The highest BCUT2D eigenvalue weighted by molar-refractivity contribution is 4.94. The van der Waals surface area contributed by atoms with Gasteiger partial charge in [-0.3, -0.25) is 0 Å². The first-order chi connectivity index (χ1) is 9.69. The van der Waals surface area contributed by atoms with Gasteiger partial charge in [0.2, 0.25) is 0 Å². The van der Waals surface area contributed by atoms with Gasteiger partial charge in [0.1, 0.15) is 0 Å². The first kappa shape index (κ1) is 14.8. The third-order valence-electron chi connectivity index (χ3n) is 5.65. The zero-order valence-corrected chi connectivity index (χ0v) is 13.4. The van der Waals surface area contributed by atoms with E-state index in [9.17, 15) is 0 Å². The number of nitrogens with zero attached hydrogens (tertiary/aromatic N) is 1. The SMILES string of the molecule is COC1CCN(CC2(CNC3CC3)CCCC(C)C2)C1. The van der Waals surface area contributed by atoms with Crippen LogP contribution in [0.1, 0.15) is 51.9 Å². The highest BCUT2D eigenvalue weighted by Crippen LogP contribution is 2.40.